The van der Waals surface area contributed by atoms with E-state index >= 15 is 0 Å². The molecule has 1 atom stereocenters. The van der Waals surface area contributed by atoms with Gasteiger partial charge in [0.05, 0.1) is 24.5 Å². The van der Waals surface area contributed by atoms with Crippen LogP contribution in [0.15, 0.2) is 36.5 Å². The number of nitrogens with zero attached hydrogens (tertiary/aromatic N) is 2. The van der Waals surface area contributed by atoms with E-state index in [9.17, 15) is 14.4 Å². The molecule has 0 amide bonds. The third-order valence-electron chi connectivity index (χ3n) is 4.34. The van der Waals surface area contributed by atoms with E-state index in [1.165, 1.54) is 5.56 Å². The first-order valence-electron chi connectivity index (χ1n) is 11.7. The van der Waals surface area contributed by atoms with Crippen molar-refractivity contribution in [3.63, 3.8) is 0 Å². The molecule has 0 aliphatic rings. The SMILES string of the molecule is CC(=O)O[BH-](OC(C)=O)OC(C)=O.CC(C)(C)Nc1cnc(C(Cc2ccccc2)NCCO)c(Cl)n1.[Na+]. The fourth-order valence-corrected chi connectivity index (χ4v) is 3.27. The Morgan fingerprint density at radius 3 is 1.97 bits per heavy atom. The summed E-state index contributed by atoms with van der Waals surface area (Å²) in [5.74, 6) is -1.38. The first kappa shape index (κ1) is 35.8. The van der Waals surface area contributed by atoms with E-state index in [0.29, 0.717) is 23.2 Å². The first-order chi connectivity index (χ1) is 17.3. The fraction of sp³-hybridized carbons (Fsp3) is 0.458. The minimum atomic E-state index is -2.41. The number of nitrogens with one attached hydrogen (secondary N) is 2. The molecule has 0 spiro atoms. The number of aliphatic hydroxyl groups excluding tert-OH is 1. The van der Waals surface area contributed by atoms with Gasteiger partial charge in [-0.2, -0.15) is 0 Å². The quantitative estimate of drug-likeness (QED) is 0.326. The Kier molecular flexibility index (Phi) is 17.1. The van der Waals surface area contributed by atoms with Crippen molar-refractivity contribution in [2.45, 2.75) is 59.5 Å². The summed E-state index contributed by atoms with van der Waals surface area (Å²) in [7, 11) is -2.41. The number of hydrogen-bond acceptors (Lipinski definition) is 11. The zero-order chi connectivity index (χ0) is 28.0. The van der Waals surface area contributed by atoms with Crippen LogP contribution in [-0.4, -0.2) is 59.0 Å². The maximum absolute atomic E-state index is 10.4. The molecule has 0 saturated carbocycles. The molecule has 2 rings (SSSR count). The summed E-state index contributed by atoms with van der Waals surface area (Å²) in [6.45, 7) is 10.0. The molecule has 3 N–H and O–H groups in total. The third kappa shape index (κ3) is 15.9. The van der Waals surface area contributed by atoms with Crippen LogP contribution in [0, 0.1) is 0 Å². The van der Waals surface area contributed by atoms with E-state index in [4.69, 9.17) is 16.7 Å². The number of aliphatic hydroxyl groups is 1. The van der Waals surface area contributed by atoms with E-state index in [1.54, 1.807) is 6.20 Å². The van der Waals surface area contributed by atoms with Crippen LogP contribution in [0.5, 0.6) is 0 Å². The molecule has 1 unspecified atom stereocenters. The molecule has 204 valence electrons. The Labute approximate surface area is 250 Å². The summed E-state index contributed by atoms with van der Waals surface area (Å²) >= 11 is 6.38. The molecule has 1 heterocycles. The minimum Gasteiger partial charge on any atom is -0.625 e. The maximum atomic E-state index is 10.4. The molecule has 11 nitrogen and oxygen atoms in total. The maximum Gasteiger partial charge on any atom is 1.00 e. The number of benzene rings is 1. The van der Waals surface area contributed by atoms with E-state index in [1.807, 2.05) is 18.2 Å². The second-order valence-corrected chi connectivity index (χ2v) is 9.35. The largest absolute Gasteiger partial charge is 1.00 e. The van der Waals surface area contributed by atoms with Crippen LogP contribution in [0.3, 0.4) is 0 Å². The Balaban J connectivity index is 0.000000838. The molecule has 0 saturated heterocycles. The number of carbonyl (C=O) groups excluding carboxylic acids is 3. The van der Waals surface area contributed by atoms with Gasteiger partial charge in [-0.25, -0.2) is 4.98 Å². The van der Waals surface area contributed by atoms with Crippen LogP contribution in [0.1, 0.15) is 58.8 Å². The smallest absolute Gasteiger partial charge is 0.625 e. The van der Waals surface area contributed by atoms with Crippen LogP contribution in [-0.2, 0) is 34.8 Å². The molecule has 1 aromatic heterocycles. The van der Waals surface area contributed by atoms with Crippen molar-refractivity contribution in [3.8, 4) is 0 Å². The molecule has 1 aromatic carbocycles. The molecule has 14 heteroatoms. The molecule has 0 fully saturated rings. The molecular weight excluding hydrogens is 526 g/mol. The van der Waals surface area contributed by atoms with E-state index in [-0.39, 0.29) is 47.7 Å². The van der Waals surface area contributed by atoms with Crippen molar-refractivity contribution in [3.05, 3.63) is 52.9 Å². The number of anilines is 1. The molecule has 38 heavy (non-hydrogen) atoms. The van der Waals surface area contributed by atoms with Gasteiger partial charge in [0.2, 0.25) is 0 Å². The average Bonchev–Trinajstić information content (AvgIpc) is 2.75. The molecule has 2 aromatic rings. The summed E-state index contributed by atoms with van der Waals surface area (Å²) in [5.41, 5.74) is 1.74. The van der Waals surface area contributed by atoms with Gasteiger partial charge >= 0.3 is 36.9 Å². The summed E-state index contributed by atoms with van der Waals surface area (Å²) in [6, 6.07) is 10.0. The predicted molar refractivity (Wildman–Crippen MR) is 141 cm³/mol. The molecule has 0 aliphatic heterocycles. The van der Waals surface area contributed by atoms with Gasteiger partial charge in [0, 0.05) is 32.9 Å². The number of rotatable bonds is 10. The van der Waals surface area contributed by atoms with E-state index < -0.39 is 25.2 Å². The van der Waals surface area contributed by atoms with Crippen molar-refractivity contribution >= 4 is 42.6 Å². The van der Waals surface area contributed by atoms with Gasteiger partial charge in [-0.3, -0.25) is 19.4 Å². The van der Waals surface area contributed by atoms with Crippen LogP contribution in [0.2, 0.25) is 5.15 Å². The van der Waals surface area contributed by atoms with Crippen LogP contribution in [0.4, 0.5) is 5.82 Å². The van der Waals surface area contributed by atoms with Crippen LogP contribution >= 0.6 is 11.6 Å². The van der Waals surface area contributed by atoms with E-state index in [2.05, 4.69) is 67.5 Å². The monoisotopic (exact) mass is 560 g/mol. The van der Waals surface area contributed by atoms with Gasteiger partial charge in [0.25, 0.3) is 17.9 Å². The predicted octanol–water partition coefficient (Wildman–Crippen LogP) is -0.397. The standard InChI is InChI=1S/C18H25ClN4O.C6H10BO6.Na/c1-18(2,3)23-15-12-21-16(17(19)22-15)14(20-9-10-24)11-13-7-5-4-6-8-13;1-4(8)11-7(12-5(2)9)13-6(3)10;/h4-8,12,14,20,24H,9-11H2,1-3H3,(H,22,23);7H,1-3H3;/q;-1;+1. The fourth-order valence-electron chi connectivity index (χ4n) is 2.99. The van der Waals surface area contributed by atoms with Gasteiger partial charge in [0.15, 0.2) is 5.15 Å². The second kappa shape index (κ2) is 18.1. The molecule has 0 bridgehead atoms. The molecule has 0 radical (unpaired) electrons. The third-order valence-corrected chi connectivity index (χ3v) is 4.62. The summed E-state index contributed by atoms with van der Waals surface area (Å²) < 4.78 is 13.3. The van der Waals surface area contributed by atoms with Gasteiger partial charge in [-0.15, -0.1) is 0 Å². The summed E-state index contributed by atoms with van der Waals surface area (Å²) in [5, 5.41) is 16.0. The van der Waals surface area contributed by atoms with Crippen LogP contribution < -0.4 is 40.2 Å². The summed E-state index contributed by atoms with van der Waals surface area (Å²) in [6.07, 6.45) is 2.42. The van der Waals surface area contributed by atoms with Gasteiger partial charge in [-0.05, 0) is 32.8 Å². The minimum absolute atomic E-state index is 0. The Hall–Kier alpha value is -2.22. The van der Waals surface area contributed by atoms with Crippen molar-refractivity contribution in [2.24, 2.45) is 0 Å². The Morgan fingerprint density at radius 1 is 1.03 bits per heavy atom. The number of halogens is 1. The molecular formula is C24H35BClN4NaO7. The zero-order valence-corrected chi connectivity index (χ0v) is 25.8. The van der Waals surface area contributed by atoms with Crippen molar-refractivity contribution < 1.29 is 63.0 Å². The van der Waals surface area contributed by atoms with Gasteiger partial charge in [0.1, 0.15) is 5.82 Å². The number of carbonyl (C=O) groups is 3. The average molecular weight is 561 g/mol. The first-order valence-corrected chi connectivity index (χ1v) is 12.0. The second-order valence-electron chi connectivity index (χ2n) is 8.99. The Morgan fingerprint density at radius 2 is 1.55 bits per heavy atom. The normalized spacial score (nSPS) is 11.3. The van der Waals surface area contributed by atoms with Crippen molar-refractivity contribution in [1.82, 2.24) is 15.3 Å². The topological polar surface area (TPSA) is 149 Å². The zero-order valence-electron chi connectivity index (χ0n) is 23.0. The summed E-state index contributed by atoms with van der Waals surface area (Å²) in [4.78, 5) is 40.2. The Bertz CT molecular complexity index is 991. The van der Waals surface area contributed by atoms with Gasteiger partial charge < -0.3 is 29.7 Å². The van der Waals surface area contributed by atoms with Crippen molar-refractivity contribution in [1.29, 1.82) is 0 Å². The number of hydrogen-bond donors (Lipinski definition) is 3. The van der Waals surface area contributed by atoms with Crippen LogP contribution in [0.25, 0.3) is 0 Å². The van der Waals surface area contributed by atoms with Crippen molar-refractivity contribution in [2.75, 3.05) is 18.5 Å². The molecule has 0 aliphatic carbocycles. The van der Waals surface area contributed by atoms with E-state index in [0.717, 1.165) is 27.2 Å². The van der Waals surface area contributed by atoms with Gasteiger partial charge in [-0.1, -0.05) is 41.9 Å². The number of aromatic nitrogens is 2.